The van der Waals surface area contributed by atoms with Gasteiger partial charge in [0.05, 0.1) is 6.20 Å². The summed E-state index contributed by atoms with van der Waals surface area (Å²) >= 11 is 0. The Morgan fingerprint density at radius 1 is 1.15 bits per heavy atom. The molecule has 1 saturated carbocycles. The number of rotatable bonds is 3. The van der Waals surface area contributed by atoms with Gasteiger partial charge in [-0.05, 0) is 30.7 Å². The summed E-state index contributed by atoms with van der Waals surface area (Å²) in [5.74, 6) is 1.96. The SMILES string of the molecule is Nc1ncc2[nH]c(-c3ccc(CC4CC4)cc3)nc2n1. The number of hydrogen-bond donors (Lipinski definition) is 2. The van der Waals surface area contributed by atoms with E-state index in [1.807, 2.05) is 0 Å². The number of H-pyrrole nitrogens is 1. The summed E-state index contributed by atoms with van der Waals surface area (Å²) in [5, 5.41) is 0. The molecule has 1 fully saturated rings. The molecule has 0 unspecified atom stereocenters. The van der Waals surface area contributed by atoms with E-state index in [9.17, 15) is 0 Å². The van der Waals surface area contributed by atoms with Crippen LogP contribution in [0, 0.1) is 5.92 Å². The van der Waals surface area contributed by atoms with Gasteiger partial charge in [-0.25, -0.2) is 9.97 Å². The van der Waals surface area contributed by atoms with Crippen LogP contribution < -0.4 is 5.73 Å². The molecule has 1 aliphatic carbocycles. The van der Waals surface area contributed by atoms with Gasteiger partial charge < -0.3 is 10.7 Å². The average Bonchev–Trinajstić information content (AvgIpc) is 3.16. The van der Waals surface area contributed by atoms with Crippen LogP contribution in [0.3, 0.4) is 0 Å². The molecule has 1 aliphatic rings. The number of anilines is 1. The van der Waals surface area contributed by atoms with Crippen LogP contribution in [0.15, 0.2) is 30.5 Å². The topological polar surface area (TPSA) is 80.5 Å². The van der Waals surface area contributed by atoms with Crippen molar-refractivity contribution in [2.45, 2.75) is 19.3 Å². The van der Waals surface area contributed by atoms with Gasteiger partial charge in [0.2, 0.25) is 5.95 Å². The van der Waals surface area contributed by atoms with Crippen LogP contribution in [0.2, 0.25) is 0 Å². The van der Waals surface area contributed by atoms with Gasteiger partial charge in [0.1, 0.15) is 11.3 Å². The van der Waals surface area contributed by atoms with Gasteiger partial charge in [-0.3, -0.25) is 0 Å². The Labute approximate surface area is 116 Å². The second kappa shape index (κ2) is 4.30. The molecule has 4 rings (SSSR count). The van der Waals surface area contributed by atoms with Gasteiger partial charge in [-0.1, -0.05) is 24.3 Å². The van der Waals surface area contributed by atoms with Gasteiger partial charge in [0.15, 0.2) is 5.65 Å². The highest BCUT2D eigenvalue weighted by molar-refractivity contribution is 5.75. The smallest absolute Gasteiger partial charge is 0.222 e. The van der Waals surface area contributed by atoms with Crippen LogP contribution in [0.4, 0.5) is 5.95 Å². The van der Waals surface area contributed by atoms with Crippen molar-refractivity contribution < 1.29 is 0 Å². The van der Waals surface area contributed by atoms with E-state index in [4.69, 9.17) is 5.73 Å². The summed E-state index contributed by atoms with van der Waals surface area (Å²) in [4.78, 5) is 15.8. The molecule has 3 N–H and O–H groups in total. The largest absolute Gasteiger partial charge is 0.368 e. The number of aromatic amines is 1. The lowest BCUT2D eigenvalue weighted by Crippen LogP contribution is -1.93. The first-order chi connectivity index (χ1) is 9.78. The molecule has 20 heavy (non-hydrogen) atoms. The lowest BCUT2D eigenvalue weighted by molar-refractivity contribution is 0.832. The van der Waals surface area contributed by atoms with Gasteiger partial charge >= 0.3 is 0 Å². The summed E-state index contributed by atoms with van der Waals surface area (Å²) in [7, 11) is 0. The molecular weight excluding hydrogens is 250 g/mol. The van der Waals surface area contributed by atoms with E-state index in [0.717, 1.165) is 22.8 Å². The van der Waals surface area contributed by atoms with E-state index in [2.05, 4.69) is 44.2 Å². The number of fused-ring (bicyclic) bond motifs is 1. The quantitative estimate of drug-likeness (QED) is 0.762. The van der Waals surface area contributed by atoms with Crippen LogP contribution in [-0.2, 0) is 6.42 Å². The number of hydrogen-bond acceptors (Lipinski definition) is 4. The van der Waals surface area contributed by atoms with Crippen molar-refractivity contribution in [3.05, 3.63) is 36.0 Å². The summed E-state index contributed by atoms with van der Waals surface area (Å²) < 4.78 is 0. The maximum Gasteiger partial charge on any atom is 0.222 e. The first-order valence-corrected chi connectivity index (χ1v) is 6.85. The third-order valence-corrected chi connectivity index (χ3v) is 3.71. The van der Waals surface area contributed by atoms with Gasteiger partial charge in [0.25, 0.3) is 0 Å². The van der Waals surface area contributed by atoms with Crippen molar-refractivity contribution in [3.8, 4) is 11.4 Å². The second-order valence-electron chi connectivity index (χ2n) is 5.40. The van der Waals surface area contributed by atoms with Crippen molar-refractivity contribution in [1.29, 1.82) is 0 Å². The van der Waals surface area contributed by atoms with Gasteiger partial charge in [-0.2, -0.15) is 4.98 Å². The highest BCUT2D eigenvalue weighted by Crippen LogP contribution is 2.33. The Hall–Kier alpha value is -2.43. The fraction of sp³-hybridized carbons (Fsp3) is 0.267. The lowest BCUT2D eigenvalue weighted by atomic mass is 10.1. The number of imidazole rings is 1. The molecule has 2 aromatic heterocycles. The number of benzene rings is 1. The first kappa shape index (κ1) is 11.4. The van der Waals surface area contributed by atoms with Crippen molar-refractivity contribution in [3.63, 3.8) is 0 Å². The number of nitrogens with two attached hydrogens (primary N) is 1. The molecule has 5 heteroatoms. The van der Waals surface area contributed by atoms with Crippen LogP contribution in [0.5, 0.6) is 0 Å². The molecule has 100 valence electrons. The highest BCUT2D eigenvalue weighted by Gasteiger charge is 2.21. The lowest BCUT2D eigenvalue weighted by Gasteiger charge is -2.01. The van der Waals surface area contributed by atoms with E-state index in [1.54, 1.807) is 6.20 Å². The zero-order valence-corrected chi connectivity index (χ0v) is 11.0. The Bertz CT molecular complexity index is 756. The predicted octanol–water partition coefficient (Wildman–Crippen LogP) is 2.55. The number of aromatic nitrogens is 4. The number of nitrogen functional groups attached to an aromatic ring is 1. The molecule has 5 nitrogen and oxygen atoms in total. The molecular formula is C15H15N5. The van der Waals surface area contributed by atoms with Gasteiger partial charge in [-0.15, -0.1) is 0 Å². The normalized spacial score (nSPS) is 14.8. The summed E-state index contributed by atoms with van der Waals surface area (Å²) in [6.07, 6.45) is 5.62. The minimum absolute atomic E-state index is 0.246. The molecule has 0 aliphatic heterocycles. The van der Waals surface area contributed by atoms with Gasteiger partial charge in [0, 0.05) is 5.56 Å². The molecule has 0 bridgehead atoms. The van der Waals surface area contributed by atoms with E-state index < -0.39 is 0 Å². The minimum Gasteiger partial charge on any atom is -0.368 e. The van der Waals surface area contributed by atoms with Crippen molar-refractivity contribution in [1.82, 2.24) is 19.9 Å². The standard InChI is InChI=1S/C15H15N5/c16-15-17-8-12-14(20-15)19-13(18-12)11-5-3-10(4-6-11)7-9-1-2-9/h3-6,8-9H,1-2,7H2,(H3,16,17,18,19,20). The number of nitrogens with one attached hydrogen (secondary N) is 1. The van der Waals surface area contributed by atoms with Crippen LogP contribution in [-0.4, -0.2) is 19.9 Å². The third-order valence-electron chi connectivity index (χ3n) is 3.71. The fourth-order valence-electron chi connectivity index (χ4n) is 2.41. The molecule has 0 atom stereocenters. The van der Waals surface area contributed by atoms with Crippen LogP contribution in [0.1, 0.15) is 18.4 Å². The van der Waals surface area contributed by atoms with Crippen molar-refractivity contribution in [2.75, 3.05) is 5.73 Å². The van der Waals surface area contributed by atoms with E-state index in [0.29, 0.717) is 5.65 Å². The van der Waals surface area contributed by atoms with E-state index >= 15 is 0 Å². The van der Waals surface area contributed by atoms with Crippen LogP contribution in [0.25, 0.3) is 22.6 Å². The zero-order valence-electron chi connectivity index (χ0n) is 11.0. The van der Waals surface area contributed by atoms with E-state index in [-0.39, 0.29) is 5.95 Å². The second-order valence-corrected chi connectivity index (χ2v) is 5.40. The molecule has 0 radical (unpaired) electrons. The monoisotopic (exact) mass is 265 g/mol. The molecule has 2 heterocycles. The summed E-state index contributed by atoms with van der Waals surface area (Å²) in [5.41, 5.74) is 9.43. The first-order valence-electron chi connectivity index (χ1n) is 6.85. The number of nitrogens with zero attached hydrogens (tertiary/aromatic N) is 3. The Balaban J connectivity index is 1.66. The molecule has 3 aromatic rings. The van der Waals surface area contributed by atoms with Crippen molar-refractivity contribution in [2.24, 2.45) is 5.92 Å². The zero-order chi connectivity index (χ0) is 13.5. The molecule has 1 aromatic carbocycles. The average molecular weight is 265 g/mol. The summed E-state index contributed by atoms with van der Waals surface area (Å²) in [6, 6.07) is 8.57. The third kappa shape index (κ3) is 2.11. The molecule has 0 saturated heterocycles. The van der Waals surface area contributed by atoms with Crippen LogP contribution >= 0.6 is 0 Å². The Morgan fingerprint density at radius 2 is 1.95 bits per heavy atom. The maximum absolute atomic E-state index is 5.57. The predicted molar refractivity (Wildman–Crippen MR) is 78.0 cm³/mol. The Kier molecular flexibility index (Phi) is 2.45. The van der Waals surface area contributed by atoms with E-state index in [1.165, 1.54) is 24.8 Å². The minimum atomic E-state index is 0.246. The summed E-state index contributed by atoms with van der Waals surface area (Å²) in [6.45, 7) is 0. The molecule has 0 amide bonds. The van der Waals surface area contributed by atoms with Crippen molar-refractivity contribution >= 4 is 17.1 Å². The molecule has 0 spiro atoms. The fourth-order valence-corrected chi connectivity index (χ4v) is 2.41. The highest BCUT2D eigenvalue weighted by atomic mass is 15.1. The maximum atomic E-state index is 5.57. The Morgan fingerprint density at radius 3 is 2.70 bits per heavy atom.